The molecule has 116 valence electrons. The van der Waals surface area contributed by atoms with E-state index >= 15 is 0 Å². The van der Waals surface area contributed by atoms with Gasteiger partial charge in [-0.2, -0.15) is 0 Å². The van der Waals surface area contributed by atoms with Crippen LogP contribution in [-0.2, 0) is 0 Å². The van der Waals surface area contributed by atoms with Gasteiger partial charge in [0.2, 0.25) is 0 Å². The summed E-state index contributed by atoms with van der Waals surface area (Å²) in [5.41, 5.74) is 6.76. The second-order valence-electron chi connectivity index (χ2n) is 5.67. The first-order valence-corrected chi connectivity index (χ1v) is 7.36. The SMILES string of the molecule is COc1cc(N)c(C(=O)NCC2CCCC2C)cc1OC. The first-order valence-electron chi connectivity index (χ1n) is 7.36. The highest BCUT2D eigenvalue weighted by Gasteiger charge is 2.24. The van der Waals surface area contributed by atoms with Crippen LogP contribution in [-0.4, -0.2) is 26.7 Å². The zero-order chi connectivity index (χ0) is 15.4. The molecule has 1 aromatic carbocycles. The van der Waals surface area contributed by atoms with Crippen LogP contribution in [0.4, 0.5) is 5.69 Å². The lowest BCUT2D eigenvalue weighted by Gasteiger charge is -2.17. The Morgan fingerprint density at radius 2 is 1.95 bits per heavy atom. The van der Waals surface area contributed by atoms with Crippen LogP contribution >= 0.6 is 0 Å². The summed E-state index contributed by atoms with van der Waals surface area (Å²) in [5.74, 6) is 2.11. The quantitative estimate of drug-likeness (QED) is 0.818. The maximum atomic E-state index is 12.3. The number of nitrogens with two attached hydrogens (primary N) is 1. The van der Waals surface area contributed by atoms with Gasteiger partial charge in [0.05, 0.1) is 19.8 Å². The zero-order valence-electron chi connectivity index (χ0n) is 12.9. The number of hydrogen-bond acceptors (Lipinski definition) is 4. The van der Waals surface area contributed by atoms with Crippen molar-refractivity contribution in [3.63, 3.8) is 0 Å². The molecule has 0 aromatic heterocycles. The molecule has 0 spiro atoms. The maximum Gasteiger partial charge on any atom is 0.253 e. The minimum absolute atomic E-state index is 0.160. The summed E-state index contributed by atoms with van der Waals surface area (Å²) >= 11 is 0. The van der Waals surface area contributed by atoms with Gasteiger partial charge in [-0.1, -0.05) is 19.8 Å². The van der Waals surface area contributed by atoms with E-state index in [0.29, 0.717) is 41.1 Å². The van der Waals surface area contributed by atoms with Crippen LogP contribution in [0.15, 0.2) is 12.1 Å². The molecule has 0 heterocycles. The van der Waals surface area contributed by atoms with Crippen molar-refractivity contribution in [3.05, 3.63) is 17.7 Å². The summed E-state index contributed by atoms with van der Waals surface area (Å²) in [6.45, 7) is 2.95. The van der Waals surface area contributed by atoms with Crippen LogP contribution in [0.5, 0.6) is 11.5 Å². The fourth-order valence-electron chi connectivity index (χ4n) is 2.94. The van der Waals surface area contributed by atoms with Crippen molar-refractivity contribution in [2.75, 3.05) is 26.5 Å². The molecular weight excluding hydrogens is 268 g/mol. The van der Waals surface area contributed by atoms with Crippen molar-refractivity contribution in [1.82, 2.24) is 5.32 Å². The number of nitrogen functional groups attached to an aromatic ring is 1. The normalized spacial score (nSPS) is 21.1. The van der Waals surface area contributed by atoms with Crippen LogP contribution in [0.3, 0.4) is 0 Å². The van der Waals surface area contributed by atoms with Crippen LogP contribution in [0.2, 0.25) is 0 Å². The molecule has 1 saturated carbocycles. The number of carbonyl (C=O) groups is 1. The van der Waals surface area contributed by atoms with Gasteiger partial charge in [0.1, 0.15) is 0 Å². The van der Waals surface area contributed by atoms with E-state index in [0.717, 1.165) is 0 Å². The van der Waals surface area contributed by atoms with E-state index in [9.17, 15) is 4.79 Å². The molecule has 2 atom stereocenters. The van der Waals surface area contributed by atoms with Gasteiger partial charge in [-0.15, -0.1) is 0 Å². The molecular formula is C16H24N2O3. The summed E-state index contributed by atoms with van der Waals surface area (Å²) in [7, 11) is 3.08. The minimum Gasteiger partial charge on any atom is -0.493 e. The topological polar surface area (TPSA) is 73.6 Å². The molecule has 0 saturated heterocycles. The molecule has 3 N–H and O–H groups in total. The van der Waals surface area contributed by atoms with Crippen LogP contribution < -0.4 is 20.5 Å². The number of ether oxygens (including phenoxy) is 2. The first kappa shape index (κ1) is 15.5. The van der Waals surface area contributed by atoms with Crippen molar-refractivity contribution >= 4 is 11.6 Å². The Balaban J connectivity index is 2.08. The average molecular weight is 292 g/mol. The Hall–Kier alpha value is -1.91. The van der Waals surface area contributed by atoms with E-state index in [1.165, 1.54) is 26.4 Å². The van der Waals surface area contributed by atoms with Gasteiger partial charge in [-0.25, -0.2) is 0 Å². The fraction of sp³-hybridized carbons (Fsp3) is 0.562. The van der Waals surface area contributed by atoms with E-state index in [-0.39, 0.29) is 5.91 Å². The Labute approximate surface area is 125 Å². The summed E-state index contributed by atoms with van der Waals surface area (Å²) in [6, 6.07) is 3.24. The molecule has 0 radical (unpaired) electrons. The third kappa shape index (κ3) is 3.40. The zero-order valence-corrected chi connectivity index (χ0v) is 12.9. The minimum atomic E-state index is -0.160. The standard InChI is InChI=1S/C16H24N2O3/c1-10-5-4-6-11(10)9-18-16(19)12-7-14(20-2)15(21-3)8-13(12)17/h7-8,10-11H,4-6,9,17H2,1-3H3,(H,18,19). The number of benzene rings is 1. The molecule has 1 amide bonds. The van der Waals surface area contributed by atoms with Gasteiger partial charge in [0, 0.05) is 18.3 Å². The van der Waals surface area contributed by atoms with Crippen LogP contribution in [0.25, 0.3) is 0 Å². The number of anilines is 1. The van der Waals surface area contributed by atoms with Gasteiger partial charge in [0.25, 0.3) is 5.91 Å². The molecule has 5 nitrogen and oxygen atoms in total. The van der Waals surface area contributed by atoms with E-state index in [1.54, 1.807) is 19.2 Å². The molecule has 1 fully saturated rings. The predicted octanol–water partition coefficient (Wildman–Crippen LogP) is 2.45. The van der Waals surface area contributed by atoms with E-state index in [1.807, 2.05) is 0 Å². The summed E-state index contributed by atoms with van der Waals surface area (Å²) in [5, 5.41) is 2.99. The molecule has 2 rings (SSSR count). The third-order valence-electron chi connectivity index (χ3n) is 4.36. The summed E-state index contributed by atoms with van der Waals surface area (Å²) in [6.07, 6.45) is 3.68. The Bertz CT molecular complexity index is 516. The first-order chi connectivity index (χ1) is 10.1. The Morgan fingerprint density at radius 1 is 1.29 bits per heavy atom. The highest BCUT2D eigenvalue weighted by Crippen LogP contribution is 2.33. The molecule has 1 aliphatic carbocycles. The molecule has 2 unspecified atom stereocenters. The van der Waals surface area contributed by atoms with Gasteiger partial charge in [0.15, 0.2) is 11.5 Å². The highest BCUT2D eigenvalue weighted by atomic mass is 16.5. The number of methoxy groups -OCH3 is 2. The molecule has 0 bridgehead atoms. The number of hydrogen-bond donors (Lipinski definition) is 2. The summed E-state index contributed by atoms with van der Waals surface area (Å²) < 4.78 is 10.4. The van der Waals surface area contributed by atoms with E-state index < -0.39 is 0 Å². The number of nitrogens with one attached hydrogen (secondary N) is 1. The van der Waals surface area contributed by atoms with Gasteiger partial charge in [-0.3, -0.25) is 4.79 Å². The number of carbonyl (C=O) groups excluding carboxylic acids is 1. The van der Waals surface area contributed by atoms with E-state index in [4.69, 9.17) is 15.2 Å². The lowest BCUT2D eigenvalue weighted by atomic mass is 9.98. The lowest BCUT2D eigenvalue weighted by Crippen LogP contribution is -2.30. The molecule has 1 aliphatic rings. The predicted molar refractivity (Wildman–Crippen MR) is 82.8 cm³/mol. The monoisotopic (exact) mass is 292 g/mol. The van der Waals surface area contributed by atoms with Gasteiger partial charge >= 0.3 is 0 Å². The van der Waals surface area contributed by atoms with Crippen molar-refractivity contribution in [3.8, 4) is 11.5 Å². The maximum absolute atomic E-state index is 12.3. The number of rotatable bonds is 5. The third-order valence-corrected chi connectivity index (χ3v) is 4.36. The second kappa shape index (κ2) is 6.70. The van der Waals surface area contributed by atoms with Crippen LogP contribution in [0.1, 0.15) is 36.5 Å². The van der Waals surface area contributed by atoms with Crippen molar-refractivity contribution < 1.29 is 14.3 Å². The summed E-state index contributed by atoms with van der Waals surface area (Å²) in [4.78, 5) is 12.3. The lowest BCUT2D eigenvalue weighted by molar-refractivity contribution is 0.0945. The van der Waals surface area contributed by atoms with Gasteiger partial charge in [-0.05, 0) is 24.3 Å². The Kier molecular flexibility index (Phi) is 4.94. The van der Waals surface area contributed by atoms with Crippen molar-refractivity contribution in [2.45, 2.75) is 26.2 Å². The van der Waals surface area contributed by atoms with Gasteiger partial charge < -0.3 is 20.5 Å². The Morgan fingerprint density at radius 3 is 2.52 bits per heavy atom. The largest absolute Gasteiger partial charge is 0.493 e. The van der Waals surface area contributed by atoms with E-state index in [2.05, 4.69) is 12.2 Å². The number of amides is 1. The van der Waals surface area contributed by atoms with Crippen molar-refractivity contribution in [1.29, 1.82) is 0 Å². The molecule has 0 aliphatic heterocycles. The smallest absolute Gasteiger partial charge is 0.253 e. The van der Waals surface area contributed by atoms with Crippen molar-refractivity contribution in [2.24, 2.45) is 11.8 Å². The molecule has 21 heavy (non-hydrogen) atoms. The fourth-order valence-corrected chi connectivity index (χ4v) is 2.94. The highest BCUT2D eigenvalue weighted by molar-refractivity contribution is 6.00. The second-order valence-corrected chi connectivity index (χ2v) is 5.67. The molecule has 1 aromatic rings. The molecule has 5 heteroatoms. The average Bonchev–Trinajstić information content (AvgIpc) is 2.89. The van der Waals surface area contributed by atoms with Crippen LogP contribution in [0, 0.1) is 11.8 Å².